The maximum atomic E-state index is 12.0. The summed E-state index contributed by atoms with van der Waals surface area (Å²) in [6, 6.07) is 7.32. The first-order chi connectivity index (χ1) is 9.98. The Balaban J connectivity index is 1.86. The van der Waals surface area contributed by atoms with Gasteiger partial charge < -0.3 is 0 Å². The lowest BCUT2D eigenvalue weighted by molar-refractivity contribution is 0.580. The summed E-state index contributed by atoms with van der Waals surface area (Å²) >= 11 is 4.98. The van der Waals surface area contributed by atoms with E-state index in [-0.39, 0.29) is 5.75 Å². The maximum absolute atomic E-state index is 12.0. The van der Waals surface area contributed by atoms with E-state index in [1.165, 1.54) is 4.88 Å². The molecule has 1 N–H and O–H groups in total. The molecule has 0 atom stereocenters. The van der Waals surface area contributed by atoms with Crippen LogP contribution in [0.5, 0.6) is 0 Å². The summed E-state index contributed by atoms with van der Waals surface area (Å²) in [7, 11) is -3.31. The SMILES string of the molecule is CCc1cnc(CCNS(=O)(=O)Cc2cccc(Br)c2)s1. The lowest BCUT2D eigenvalue weighted by Gasteiger charge is -2.06. The Bertz CT molecular complexity index is 699. The van der Waals surface area contributed by atoms with Crippen LogP contribution in [0.15, 0.2) is 34.9 Å². The molecule has 0 spiro atoms. The van der Waals surface area contributed by atoms with Crippen molar-refractivity contribution in [2.24, 2.45) is 0 Å². The van der Waals surface area contributed by atoms with Gasteiger partial charge in [-0.05, 0) is 24.1 Å². The molecule has 1 aromatic heterocycles. The largest absolute Gasteiger partial charge is 0.249 e. The summed E-state index contributed by atoms with van der Waals surface area (Å²) in [5.41, 5.74) is 0.763. The van der Waals surface area contributed by atoms with E-state index in [2.05, 4.69) is 32.6 Å². The monoisotopic (exact) mass is 388 g/mol. The third kappa shape index (κ3) is 5.50. The Labute approximate surface area is 137 Å². The van der Waals surface area contributed by atoms with Gasteiger partial charge in [0.25, 0.3) is 0 Å². The smallest absolute Gasteiger partial charge is 0.215 e. The number of benzene rings is 1. The van der Waals surface area contributed by atoms with Crippen molar-refractivity contribution in [3.05, 3.63) is 50.4 Å². The van der Waals surface area contributed by atoms with Crippen molar-refractivity contribution in [1.29, 1.82) is 0 Å². The van der Waals surface area contributed by atoms with Crippen molar-refractivity contribution >= 4 is 37.3 Å². The van der Waals surface area contributed by atoms with Gasteiger partial charge in [0.2, 0.25) is 10.0 Å². The molecule has 1 aromatic carbocycles. The number of nitrogens with zero attached hydrogens (tertiary/aromatic N) is 1. The number of sulfonamides is 1. The summed E-state index contributed by atoms with van der Waals surface area (Å²) in [6.45, 7) is 2.46. The number of nitrogens with one attached hydrogen (secondary N) is 1. The van der Waals surface area contributed by atoms with Crippen molar-refractivity contribution in [2.75, 3.05) is 6.54 Å². The van der Waals surface area contributed by atoms with Crippen LogP contribution in [0.25, 0.3) is 0 Å². The number of thiazole rings is 1. The van der Waals surface area contributed by atoms with Crippen molar-refractivity contribution in [3.63, 3.8) is 0 Å². The second-order valence-corrected chi connectivity index (χ2v) is 8.53. The molecular formula is C14H17BrN2O2S2. The standard InChI is InChI=1S/C14H17BrN2O2S2/c1-2-13-9-16-14(20-13)6-7-17-21(18,19)10-11-4-3-5-12(15)8-11/h3-5,8-9,17H,2,6-7,10H2,1H3. The average molecular weight is 389 g/mol. The quantitative estimate of drug-likeness (QED) is 0.792. The van der Waals surface area contributed by atoms with Crippen molar-refractivity contribution in [2.45, 2.75) is 25.5 Å². The Morgan fingerprint density at radius 1 is 1.38 bits per heavy atom. The molecule has 1 heterocycles. The van der Waals surface area contributed by atoms with Gasteiger partial charge in [-0.1, -0.05) is 35.0 Å². The fourth-order valence-electron chi connectivity index (χ4n) is 1.84. The molecule has 0 unspecified atom stereocenters. The molecule has 0 amide bonds. The molecule has 0 aliphatic rings. The van der Waals surface area contributed by atoms with Gasteiger partial charge >= 0.3 is 0 Å². The molecule has 0 bridgehead atoms. The number of halogens is 1. The van der Waals surface area contributed by atoms with Gasteiger partial charge in [-0.3, -0.25) is 0 Å². The highest BCUT2D eigenvalue weighted by Crippen LogP contribution is 2.15. The Morgan fingerprint density at radius 3 is 2.86 bits per heavy atom. The van der Waals surface area contributed by atoms with E-state index in [0.29, 0.717) is 13.0 Å². The second-order valence-electron chi connectivity index (χ2n) is 4.61. The van der Waals surface area contributed by atoms with Crippen LogP contribution in [-0.2, 0) is 28.6 Å². The first-order valence-corrected chi connectivity index (χ1v) is 9.90. The van der Waals surface area contributed by atoms with Gasteiger partial charge in [-0.25, -0.2) is 18.1 Å². The molecule has 7 heteroatoms. The van der Waals surface area contributed by atoms with Gasteiger partial charge in [0.15, 0.2) is 0 Å². The number of aryl methyl sites for hydroxylation is 1. The first kappa shape index (κ1) is 16.6. The van der Waals surface area contributed by atoms with Crippen LogP contribution in [0.1, 0.15) is 22.4 Å². The van der Waals surface area contributed by atoms with Crippen LogP contribution in [0.3, 0.4) is 0 Å². The number of hydrogen-bond acceptors (Lipinski definition) is 4. The zero-order valence-electron chi connectivity index (χ0n) is 11.7. The van der Waals surface area contributed by atoms with E-state index in [1.807, 2.05) is 24.4 Å². The van der Waals surface area contributed by atoms with E-state index in [1.54, 1.807) is 17.4 Å². The van der Waals surface area contributed by atoms with Crippen LogP contribution >= 0.6 is 27.3 Å². The minimum atomic E-state index is -3.31. The highest BCUT2D eigenvalue weighted by molar-refractivity contribution is 9.10. The number of hydrogen-bond donors (Lipinski definition) is 1. The topological polar surface area (TPSA) is 59.1 Å². The maximum Gasteiger partial charge on any atom is 0.215 e. The predicted molar refractivity (Wildman–Crippen MR) is 90.0 cm³/mol. The average Bonchev–Trinajstić information content (AvgIpc) is 2.86. The van der Waals surface area contributed by atoms with Crippen LogP contribution in [0.4, 0.5) is 0 Å². The molecule has 2 aromatic rings. The Morgan fingerprint density at radius 2 is 2.19 bits per heavy atom. The lowest BCUT2D eigenvalue weighted by Crippen LogP contribution is -2.27. The van der Waals surface area contributed by atoms with Gasteiger partial charge in [0.05, 0.1) is 10.8 Å². The zero-order chi connectivity index (χ0) is 15.3. The normalized spacial score (nSPS) is 11.7. The Hall–Kier alpha value is -0.760. The molecule has 21 heavy (non-hydrogen) atoms. The molecule has 0 radical (unpaired) electrons. The van der Waals surface area contributed by atoms with Crippen molar-refractivity contribution < 1.29 is 8.42 Å². The predicted octanol–water partition coefficient (Wildman–Crippen LogP) is 3.13. The minimum Gasteiger partial charge on any atom is -0.249 e. The Kier molecular flexibility index (Phi) is 5.92. The highest BCUT2D eigenvalue weighted by Gasteiger charge is 2.11. The second kappa shape index (κ2) is 7.49. The minimum absolute atomic E-state index is 0.00941. The van der Waals surface area contributed by atoms with E-state index in [4.69, 9.17) is 0 Å². The van der Waals surface area contributed by atoms with Crippen molar-refractivity contribution in [3.8, 4) is 0 Å². The lowest BCUT2D eigenvalue weighted by atomic mass is 10.2. The van der Waals surface area contributed by atoms with E-state index in [0.717, 1.165) is 21.5 Å². The molecular weight excluding hydrogens is 372 g/mol. The molecule has 0 aliphatic carbocycles. The molecule has 0 saturated heterocycles. The number of aromatic nitrogens is 1. The van der Waals surface area contributed by atoms with E-state index in [9.17, 15) is 8.42 Å². The van der Waals surface area contributed by atoms with Crippen LogP contribution in [0.2, 0.25) is 0 Å². The molecule has 114 valence electrons. The molecule has 0 aliphatic heterocycles. The fourth-order valence-corrected chi connectivity index (χ4v) is 4.28. The van der Waals surface area contributed by atoms with Crippen LogP contribution in [-0.4, -0.2) is 19.9 Å². The summed E-state index contributed by atoms with van der Waals surface area (Å²) in [5, 5.41) is 0.969. The summed E-state index contributed by atoms with van der Waals surface area (Å²) in [5.74, 6) is -0.00941. The summed E-state index contributed by atoms with van der Waals surface area (Å²) in [6.07, 6.45) is 3.45. The third-order valence-electron chi connectivity index (χ3n) is 2.86. The van der Waals surface area contributed by atoms with Gasteiger partial charge in [-0.15, -0.1) is 11.3 Å². The molecule has 2 rings (SSSR count). The van der Waals surface area contributed by atoms with Crippen molar-refractivity contribution in [1.82, 2.24) is 9.71 Å². The number of rotatable bonds is 7. The van der Waals surface area contributed by atoms with Gasteiger partial charge in [0, 0.05) is 28.5 Å². The zero-order valence-corrected chi connectivity index (χ0v) is 14.9. The molecule has 4 nitrogen and oxygen atoms in total. The molecule has 0 fully saturated rings. The van der Waals surface area contributed by atoms with E-state index >= 15 is 0 Å². The fraction of sp³-hybridized carbons (Fsp3) is 0.357. The third-order valence-corrected chi connectivity index (χ3v) is 5.91. The molecule has 0 saturated carbocycles. The van der Waals surface area contributed by atoms with Crippen LogP contribution in [0, 0.1) is 0 Å². The van der Waals surface area contributed by atoms with Crippen LogP contribution < -0.4 is 4.72 Å². The van der Waals surface area contributed by atoms with Gasteiger partial charge in [0.1, 0.15) is 0 Å². The van der Waals surface area contributed by atoms with E-state index < -0.39 is 10.0 Å². The first-order valence-electron chi connectivity index (χ1n) is 6.64. The van der Waals surface area contributed by atoms with Gasteiger partial charge in [-0.2, -0.15) is 0 Å². The summed E-state index contributed by atoms with van der Waals surface area (Å²) < 4.78 is 27.5. The highest BCUT2D eigenvalue weighted by atomic mass is 79.9. The summed E-state index contributed by atoms with van der Waals surface area (Å²) in [4.78, 5) is 5.50.